The maximum absolute atomic E-state index is 13.4. The lowest BCUT2D eigenvalue weighted by Gasteiger charge is -2.27. The molecule has 0 aliphatic carbocycles. The van der Waals surface area contributed by atoms with Crippen molar-refractivity contribution in [1.82, 2.24) is 16.0 Å². The molecule has 3 N–H and O–H groups in total. The molecule has 0 aromatic heterocycles. The van der Waals surface area contributed by atoms with Crippen LogP contribution in [0.2, 0.25) is 0 Å². The van der Waals surface area contributed by atoms with E-state index in [4.69, 9.17) is 0 Å². The van der Waals surface area contributed by atoms with Crippen molar-refractivity contribution >= 4 is 17.7 Å². The maximum atomic E-state index is 13.4. The topological polar surface area (TPSA) is 87.3 Å². The van der Waals surface area contributed by atoms with Gasteiger partial charge in [-0.3, -0.25) is 14.4 Å². The highest BCUT2D eigenvalue weighted by Crippen LogP contribution is 2.23. The first-order valence-electron chi connectivity index (χ1n) is 11.9. The number of hydrogen-bond acceptors (Lipinski definition) is 3. The Morgan fingerprint density at radius 2 is 1.35 bits per heavy atom. The quantitative estimate of drug-likeness (QED) is 0.421. The van der Waals surface area contributed by atoms with E-state index in [0.717, 1.165) is 23.3 Å². The highest BCUT2D eigenvalue weighted by molar-refractivity contribution is 5.93. The fraction of sp³-hybridized carbons (Fsp3) is 0.276. The summed E-state index contributed by atoms with van der Waals surface area (Å²) in [7, 11) is 0. The third kappa shape index (κ3) is 8.24. The summed E-state index contributed by atoms with van der Waals surface area (Å²) in [4.78, 5) is 38.5. The molecule has 3 aromatic rings. The van der Waals surface area contributed by atoms with Crippen LogP contribution < -0.4 is 16.0 Å². The minimum Gasteiger partial charge on any atom is -0.349 e. The fourth-order valence-electron chi connectivity index (χ4n) is 3.76. The molecule has 8 heteroatoms. The Hall–Kier alpha value is -4.07. The number of halogens is 2. The van der Waals surface area contributed by atoms with E-state index in [9.17, 15) is 23.2 Å². The monoisotopic (exact) mass is 507 g/mol. The van der Waals surface area contributed by atoms with Crippen LogP contribution in [0.15, 0.2) is 72.8 Å². The molecule has 0 saturated heterocycles. The highest BCUT2D eigenvalue weighted by atomic mass is 19.1. The van der Waals surface area contributed by atoms with Crippen LogP contribution in [0.25, 0.3) is 11.1 Å². The number of carbonyl (C=O) groups excluding carboxylic acids is 3. The normalized spacial score (nSPS) is 12.8. The highest BCUT2D eigenvalue weighted by Gasteiger charge is 2.28. The zero-order valence-corrected chi connectivity index (χ0v) is 21.3. The summed E-state index contributed by atoms with van der Waals surface area (Å²) in [6, 6.07) is 17.9. The van der Waals surface area contributed by atoms with Gasteiger partial charge in [-0.05, 0) is 62.1 Å². The standard InChI is InChI=1S/C29H31F2N3O3/c1-18(32-25(35)16-19-14-23(30)17-24(31)15-19)27(36)33-26(28(37)34-29(2,3)4)22-12-10-21(11-13-22)20-8-6-5-7-9-20/h5-15,17-18,26H,16H2,1-4H3,(H,32,35)(H,33,36)(H,34,37)/t18-,26-/m0/s1. The van der Waals surface area contributed by atoms with Crippen molar-refractivity contribution in [3.63, 3.8) is 0 Å². The number of carbonyl (C=O) groups is 3. The van der Waals surface area contributed by atoms with Crippen LogP contribution in [0.1, 0.15) is 44.9 Å². The van der Waals surface area contributed by atoms with Gasteiger partial charge in [-0.1, -0.05) is 54.6 Å². The summed E-state index contributed by atoms with van der Waals surface area (Å²) >= 11 is 0. The summed E-state index contributed by atoms with van der Waals surface area (Å²) in [6.45, 7) is 6.97. The maximum Gasteiger partial charge on any atom is 0.247 e. The summed E-state index contributed by atoms with van der Waals surface area (Å²) in [5, 5.41) is 8.11. The first-order valence-corrected chi connectivity index (χ1v) is 11.9. The van der Waals surface area contributed by atoms with Gasteiger partial charge in [0, 0.05) is 11.6 Å². The average molecular weight is 508 g/mol. The lowest BCUT2D eigenvalue weighted by atomic mass is 9.99. The van der Waals surface area contributed by atoms with Crippen molar-refractivity contribution in [3.05, 3.63) is 95.6 Å². The van der Waals surface area contributed by atoms with Gasteiger partial charge in [0.15, 0.2) is 0 Å². The molecular weight excluding hydrogens is 476 g/mol. The van der Waals surface area contributed by atoms with E-state index in [-0.39, 0.29) is 12.0 Å². The van der Waals surface area contributed by atoms with Crippen LogP contribution in [-0.2, 0) is 20.8 Å². The molecule has 6 nitrogen and oxygen atoms in total. The van der Waals surface area contributed by atoms with Crippen molar-refractivity contribution in [2.75, 3.05) is 0 Å². The fourth-order valence-corrected chi connectivity index (χ4v) is 3.76. The Bertz CT molecular complexity index is 1240. The molecule has 0 saturated carbocycles. The van der Waals surface area contributed by atoms with Crippen LogP contribution in [0, 0.1) is 11.6 Å². The molecule has 3 rings (SSSR count). The summed E-state index contributed by atoms with van der Waals surface area (Å²) in [5.74, 6) is -3.16. The van der Waals surface area contributed by atoms with Crippen LogP contribution in [-0.4, -0.2) is 29.3 Å². The zero-order valence-electron chi connectivity index (χ0n) is 21.3. The van der Waals surface area contributed by atoms with E-state index in [0.29, 0.717) is 11.6 Å². The molecule has 0 radical (unpaired) electrons. The van der Waals surface area contributed by atoms with Crippen LogP contribution in [0.4, 0.5) is 8.78 Å². The molecule has 0 bridgehead atoms. The number of hydrogen-bond donors (Lipinski definition) is 3. The third-order valence-electron chi connectivity index (χ3n) is 5.46. The van der Waals surface area contributed by atoms with Gasteiger partial charge < -0.3 is 16.0 Å². The van der Waals surface area contributed by atoms with Crippen molar-refractivity contribution < 1.29 is 23.2 Å². The molecule has 0 fully saturated rings. The van der Waals surface area contributed by atoms with E-state index in [1.54, 1.807) is 12.1 Å². The van der Waals surface area contributed by atoms with Crippen molar-refractivity contribution in [1.29, 1.82) is 0 Å². The summed E-state index contributed by atoms with van der Waals surface area (Å²) in [6.07, 6.45) is -0.304. The molecule has 3 aromatic carbocycles. The lowest BCUT2D eigenvalue weighted by molar-refractivity contribution is -0.132. The van der Waals surface area contributed by atoms with Gasteiger partial charge in [-0.2, -0.15) is 0 Å². The van der Waals surface area contributed by atoms with Gasteiger partial charge >= 0.3 is 0 Å². The molecule has 3 amide bonds. The Balaban J connectivity index is 1.73. The van der Waals surface area contributed by atoms with Crippen molar-refractivity contribution in [2.45, 2.75) is 51.7 Å². The zero-order chi connectivity index (χ0) is 27.2. The first-order chi connectivity index (χ1) is 17.4. The predicted molar refractivity (Wildman–Crippen MR) is 138 cm³/mol. The van der Waals surface area contributed by atoms with E-state index >= 15 is 0 Å². The van der Waals surface area contributed by atoms with E-state index < -0.39 is 47.0 Å². The van der Waals surface area contributed by atoms with E-state index in [2.05, 4.69) is 16.0 Å². The Morgan fingerprint density at radius 3 is 1.92 bits per heavy atom. The second kappa shape index (κ2) is 11.8. The van der Waals surface area contributed by atoms with Gasteiger partial charge in [-0.15, -0.1) is 0 Å². The average Bonchev–Trinajstić information content (AvgIpc) is 2.81. The van der Waals surface area contributed by atoms with Crippen molar-refractivity contribution in [2.24, 2.45) is 0 Å². The number of rotatable bonds is 8. The Kier molecular flexibility index (Phi) is 8.76. The van der Waals surface area contributed by atoms with Gasteiger partial charge in [0.1, 0.15) is 23.7 Å². The molecule has 0 aliphatic heterocycles. The molecular formula is C29H31F2N3O3. The second-order valence-corrected chi connectivity index (χ2v) is 9.91. The number of benzene rings is 3. The minimum absolute atomic E-state index is 0.142. The molecule has 0 unspecified atom stereocenters. The summed E-state index contributed by atoms with van der Waals surface area (Å²) < 4.78 is 26.8. The second-order valence-electron chi connectivity index (χ2n) is 9.91. The largest absolute Gasteiger partial charge is 0.349 e. The first kappa shape index (κ1) is 27.5. The summed E-state index contributed by atoms with van der Waals surface area (Å²) in [5.41, 5.74) is 2.15. The predicted octanol–water partition coefficient (Wildman–Crippen LogP) is 4.45. The van der Waals surface area contributed by atoms with Crippen LogP contribution in [0.5, 0.6) is 0 Å². The molecule has 0 spiro atoms. The van der Waals surface area contributed by atoms with E-state index in [1.807, 2.05) is 63.2 Å². The number of amides is 3. The van der Waals surface area contributed by atoms with Gasteiger partial charge in [0.05, 0.1) is 6.42 Å². The molecule has 194 valence electrons. The van der Waals surface area contributed by atoms with E-state index in [1.165, 1.54) is 6.92 Å². The molecule has 2 atom stereocenters. The van der Waals surface area contributed by atoms with Gasteiger partial charge in [-0.25, -0.2) is 8.78 Å². The van der Waals surface area contributed by atoms with Gasteiger partial charge in [0.25, 0.3) is 0 Å². The lowest BCUT2D eigenvalue weighted by Crippen LogP contribution is -2.51. The van der Waals surface area contributed by atoms with Crippen LogP contribution >= 0.6 is 0 Å². The third-order valence-corrected chi connectivity index (χ3v) is 5.46. The SMILES string of the molecule is C[C@H](NC(=O)Cc1cc(F)cc(F)c1)C(=O)N[C@H](C(=O)NC(C)(C)C)c1ccc(-c2ccccc2)cc1. The Labute approximate surface area is 215 Å². The number of nitrogens with one attached hydrogen (secondary N) is 3. The smallest absolute Gasteiger partial charge is 0.247 e. The van der Waals surface area contributed by atoms with Crippen LogP contribution in [0.3, 0.4) is 0 Å². The Morgan fingerprint density at radius 1 is 0.784 bits per heavy atom. The van der Waals surface area contributed by atoms with Gasteiger partial charge in [0.2, 0.25) is 17.7 Å². The minimum atomic E-state index is -1.01. The molecule has 0 heterocycles. The molecule has 0 aliphatic rings. The van der Waals surface area contributed by atoms with Crippen molar-refractivity contribution in [3.8, 4) is 11.1 Å². The molecule has 37 heavy (non-hydrogen) atoms.